The van der Waals surface area contributed by atoms with Gasteiger partial charge in [0.2, 0.25) is 0 Å². The third-order valence-electron chi connectivity index (χ3n) is 3.22. The number of carbonyl (C=O) groups is 1. The van der Waals surface area contributed by atoms with Crippen molar-refractivity contribution in [3.05, 3.63) is 59.4 Å². The average Bonchev–Trinajstić information content (AvgIpc) is 2.52. The molecule has 5 heteroatoms. The molecule has 2 rings (SSSR count). The van der Waals surface area contributed by atoms with E-state index in [4.69, 9.17) is 16.3 Å². The van der Waals surface area contributed by atoms with Crippen molar-refractivity contribution >= 4 is 17.5 Å². The molecule has 0 aliphatic heterocycles. The van der Waals surface area contributed by atoms with E-state index >= 15 is 0 Å². The lowest BCUT2D eigenvalue weighted by atomic mass is 10.2. The zero-order valence-electron chi connectivity index (χ0n) is 12.7. The highest BCUT2D eigenvalue weighted by Crippen LogP contribution is 2.20. The SMILES string of the molecule is CC(C)N(Cc1ccccc1)C(=O)COc1cccnc1Cl. The minimum atomic E-state index is -0.0845. The molecule has 0 unspecified atom stereocenters. The molecule has 0 spiro atoms. The smallest absolute Gasteiger partial charge is 0.261 e. The zero-order valence-corrected chi connectivity index (χ0v) is 13.5. The number of ether oxygens (including phenoxy) is 1. The Balaban J connectivity index is 2.00. The van der Waals surface area contributed by atoms with Gasteiger partial charge in [-0.2, -0.15) is 0 Å². The number of hydrogen-bond acceptors (Lipinski definition) is 3. The highest BCUT2D eigenvalue weighted by Gasteiger charge is 2.18. The third kappa shape index (κ3) is 4.46. The lowest BCUT2D eigenvalue weighted by Gasteiger charge is -2.27. The molecule has 1 heterocycles. The summed E-state index contributed by atoms with van der Waals surface area (Å²) < 4.78 is 5.48. The maximum atomic E-state index is 12.4. The molecule has 0 saturated carbocycles. The minimum Gasteiger partial charge on any atom is -0.481 e. The number of nitrogens with zero attached hydrogens (tertiary/aromatic N) is 2. The molecule has 0 bridgehead atoms. The van der Waals surface area contributed by atoms with E-state index in [1.54, 1.807) is 23.2 Å². The molecule has 0 atom stereocenters. The topological polar surface area (TPSA) is 42.4 Å². The van der Waals surface area contributed by atoms with E-state index in [9.17, 15) is 4.79 Å². The first-order chi connectivity index (χ1) is 10.6. The summed E-state index contributed by atoms with van der Waals surface area (Å²) >= 11 is 5.92. The molecule has 1 amide bonds. The van der Waals surface area contributed by atoms with E-state index in [1.165, 1.54) is 0 Å². The fourth-order valence-electron chi connectivity index (χ4n) is 2.04. The summed E-state index contributed by atoms with van der Waals surface area (Å²) in [5, 5.41) is 0.259. The van der Waals surface area contributed by atoms with Gasteiger partial charge in [-0.1, -0.05) is 41.9 Å². The molecule has 0 fully saturated rings. The van der Waals surface area contributed by atoms with Crippen LogP contribution in [-0.4, -0.2) is 28.4 Å². The third-order valence-corrected chi connectivity index (χ3v) is 3.50. The van der Waals surface area contributed by atoms with Gasteiger partial charge in [0.15, 0.2) is 17.5 Å². The van der Waals surface area contributed by atoms with Gasteiger partial charge in [0.25, 0.3) is 5.91 Å². The standard InChI is InChI=1S/C17H19ClN2O2/c1-13(2)20(11-14-7-4-3-5-8-14)16(21)12-22-15-9-6-10-19-17(15)18/h3-10,13H,11-12H2,1-2H3. The molecule has 0 aliphatic carbocycles. The first-order valence-corrected chi connectivity index (χ1v) is 7.52. The van der Waals surface area contributed by atoms with E-state index < -0.39 is 0 Å². The van der Waals surface area contributed by atoms with E-state index in [0.717, 1.165) is 5.56 Å². The average molecular weight is 319 g/mol. The number of benzene rings is 1. The molecular weight excluding hydrogens is 300 g/mol. The maximum Gasteiger partial charge on any atom is 0.261 e. The molecule has 0 N–H and O–H groups in total. The molecule has 0 aliphatic rings. The number of aromatic nitrogens is 1. The molecule has 2 aromatic rings. The molecule has 1 aromatic carbocycles. The van der Waals surface area contributed by atoms with E-state index in [1.807, 2.05) is 44.2 Å². The maximum absolute atomic E-state index is 12.4. The molecule has 0 saturated heterocycles. The van der Waals surface area contributed by atoms with Gasteiger partial charge in [0, 0.05) is 18.8 Å². The van der Waals surface area contributed by atoms with E-state index in [2.05, 4.69) is 4.98 Å². The predicted octanol–water partition coefficient (Wildman–Crippen LogP) is 3.55. The Morgan fingerprint density at radius 3 is 2.59 bits per heavy atom. The van der Waals surface area contributed by atoms with Crippen LogP contribution in [-0.2, 0) is 11.3 Å². The summed E-state index contributed by atoms with van der Waals surface area (Å²) in [6.45, 7) is 4.47. The van der Waals surface area contributed by atoms with Crippen LogP contribution in [0.25, 0.3) is 0 Å². The van der Waals surface area contributed by atoms with Crippen LogP contribution in [0.15, 0.2) is 48.7 Å². The minimum absolute atomic E-state index is 0.0591. The van der Waals surface area contributed by atoms with Gasteiger partial charge in [-0.3, -0.25) is 4.79 Å². The van der Waals surface area contributed by atoms with E-state index in [0.29, 0.717) is 12.3 Å². The fourth-order valence-corrected chi connectivity index (χ4v) is 2.21. The molecule has 0 radical (unpaired) electrons. The number of amides is 1. The second-order valence-electron chi connectivity index (χ2n) is 5.18. The Hall–Kier alpha value is -2.07. The second-order valence-corrected chi connectivity index (χ2v) is 5.54. The van der Waals surface area contributed by atoms with Crippen molar-refractivity contribution in [2.24, 2.45) is 0 Å². The summed E-state index contributed by atoms with van der Waals surface area (Å²) in [5.74, 6) is 0.333. The van der Waals surface area contributed by atoms with Gasteiger partial charge in [-0.15, -0.1) is 0 Å². The van der Waals surface area contributed by atoms with Crippen molar-refractivity contribution in [3.63, 3.8) is 0 Å². The van der Waals surface area contributed by atoms with E-state index in [-0.39, 0.29) is 23.7 Å². The Bertz CT molecular complexity index is 617. The van der Waals surface area contributed by atoms with Gasteiger partial charge in [0.1, 0.15) is 0 Å². The quantitative estimate of drug-likeness (QED) is 0.765. The van der Waals surface area contributed by atoms with Gasteiger partial charge in [-0.05, 0) is 31.5 Å². The highest BCUT2D eigenvalue weighted by molar-refractivity contribution is 6.30. The summed E-state index contributed by atoms with van der Waals surface area (Å²) in [6.07, 6.45) is 1.58. The molecule has 1 aromatic heterocycles. The van der Waals surface area contributed by atoms with Crippen molar-refractivity contribution in [2.45, 2.75) is 26.4 Å². The van der Waals surface area contributed by atoms with Crippen molar-refractivity contribution in [2.75, 3.05) is 6.61 Å². The van der Waals surface area contributed by atoms with Gasteiger partial charge < -0.3 is 9.64 Å². The molecule has 4 nitrogen and oxygen atoms in total. The summed E-state index contributed by atoms with van der Waals surface area (Å²) in [4.78, 5) is 18.1. The van der Waals surface area contributed by atoms with Gasteiger partial charge in [0.05, 0.1) is 0 Å². The number of pyridine rings is 1. The van der Waals surface area contributed by atoms with Crippen LogP contribution in [0.3, 0.4) is 0 Å². The summed E-state index contributed by atoms with van der Waals surface area (Å²) in [6, 6.07) is 13.4. The Kier molecular flexibility index (Phi) is 5.78. The van der Waals surface area contributed by atoms with Crippen LogP contribution >= 0.6 is 11.6 Å². The first kappa shape index (κ1) is 16.3. The highest BCUT2D eigenvalue weighted by atomic mass is 35.5. The molecule has 22 heavy (non-hydrogen) atoms. The number of rotatable bonds is 6. The van der Waals surface area contributed by atoms with Crippen LogP contribution in [0.5, 0.6) is 5.75 Å². The monoisotopic (exact) mass is 318 g/mol. The van der Waals surface area contributed by atoms with Gasteiger partial charge >= 0.3 is 0 Å². The number of carbonyl (C=O) groups excluding carboxylic acids is 1. The van der Waals surface area contributed by atoms with Crippen LogP contribution in [0.4, 0.5) is 0 Å². The van der Waals surface area contributed by atoms with Crippen LogP contribution in [0, 0.1) is 0 Å². The largest absolute Gasteiger partial charge is 0.481 e. The van der Waals surface area contributed by atoms with Crippen molar-refractivity contribution in [3.8, 4) is 5.75 Å². The predicted molar refractivity (Wildman–Crippen MR) is 86.9 cm³/mol. The summed E-state index contributed by atoms with van der Waals surface area (Å²) in [5.41, 5.74) is 1.09. The van der Waals surface area contributed by atoms with Crippen LogP contribution < -0.4 is 4.74 Å². The second kappa shape index (κ2) is 7.80. The summed E-state index contributed by atoms with van der Waals surface area (Å²) in [7, 11) is 0. The van der Waals surface area contributed by atoms with Crippen LogP contribution in [0.2, 0.25) is 5.15 Å². The Labute approximate surface area is 135 Å². The number of hydrogen-bond donors (Lipinski definition) is 0. The molecule has 116 valence electrons. The lowest BCUT2D eigenvalue weighted by molar-refractivity contribution is -0.135. The van der Waals surface area contributed by atoms with Crippen molar-refractivity contribution in [1.82, 2.24) is 9.88 Å². The van der Waals surface area contributed by atoms with Crippen LogP contribution in [0.1, 0.15) is 19.4 Å². The van der Waals surface area contributed by atoms with Crippen molar-refractivity contribution in [1.29, 1.82) is 0 Å². The van der Waals surface area contributed by atoms with Crippen molar-refractivity contribution < 1.29 is 9.53 Å². The zero-order chi connectivity index (χ0) is 15.9. The van der Waals surface area contributed by atoms with Gasteiger partial charge in [-0.25, -0.2) is 4.98 Å². The molecular formula is C17H19ClN2O2. The lowest BCUT2D eigenvalue weighted by Crippen LogP contribution is -2.39. The Morgan fingerprint density at radius 1 is 1.23 bits per heavy atom. The number of halogens is 1. The normalized spacial score (nSPS) is 10.5. The first-order valence-electron chi connectivity index (χ1n) is 7.14. The fraction of sp³-hybridized carbons (Fsp3) is 0.294. The Morgan fingerprint density at radius 2 is 1.95 bits per heavy atom.